The molecule has 0 spiro atoms. The smallest absolute Gasteiger partial charge is 0.0992 e. The summed E-state index contributed by atoms with van der Waals surface area (Å²) in [4.78, 5) is 8.69. The van der Waals surface area contributed by atoms with Gasteiger partial charge in [-0.15, -0.1) is 23.2 Å². The minimum absolute atomic E-state index is 0.266. The van der Waals surface area contributed by atoms with Gasteiger partial charge in [0.2, 0.25) is 0 Å². The lowest BCUT2D eigenvalue weighted by atomic mass is 10.2. The van der Waals surface area contributed by atoms with Crippen LogP contribution in [0.15, 0.2) is 18.2 Å². The van der Waals surface area contributed by atoms with Crippen LogP contribution in [0.4, 0.5) is 0 Å². The maximum atomic E-state index is 8.78. The largest absolute Gasteiger partial charge is 0.248 e. The molecule has 0 aliphatic rings. The van der Waals surface area contributed by atoms with Gasteiger partial charge >= 0.3 is 0 Å². The lowest BCUT2D eigenvalue weighted by Crippen LogP contribution is -1.98. The van der Waals surface area contributed by atoms with Crippen LogP contribution in [0.25, 0.3) is 11.0 Å². The van der Waals surface area contributed by atoms with Gasteiger partial charge in [-0.3, -0.25) is 0 Å². The Bertz CT molecular complexity index is 575. The minimum atomic E-state index is 0.266. The number of rotatable bonds is 2. The number of aromatic nitrogens is 2. The van der Waals surface area contributed by atoms with Gasteiger partial charge in [0.15, 0.2) is 0 Å². The summed E-state index contributed by atoms with van der Waals surface area (Å²) < 4.78 is 0. The molecule has 3 nitrogen and oxygen atoms in total. The molecule has 2 aromatic rings. The summed E-state index contributed by atoms with van der Waals surface area (Å²) >= 11 is 11.5. The predicted molar refractivity (Wildman–Crippen MR) is 63.4 cm³/mol. The number of hydrogen-bond donors (Lipinski definition) is 0. The van der Waals surface area contributed by atoms with Crippen LogP contribution in [-0.2, 0) is 11.8 Å². The van der Waals surface area contributed by atoms with Gasteiger partial charge in [0.25, 0.3) is 0 Å². The number of alkyl halides is 2. The van der Waals surface area contributed by atoms with E-state index in [9.17, 15) is 0 Å². The second-order valence-corrected chi connectivity index (χ2v) is 3.73. The number of benzene rings is 1. The third-order valence-corrected chi connectivity index (χ3v) is 2.71. The van der Waals surface area contributed by atoms with Crippen molar-refractivity contribution in [1.29, 1.82) is 5.26 Å². The normalized spacial score (nSPS) is 10.3. The fraction of sp³-hybridized carbons (Fsp3) is 0.182. The number of nitrogens with zero attached hydrogens (tertiary/aromatic N) is 3. The fourth-order valence-electron chi connectivity index (χ4n) is 1.41. The second kappa shape index (κ2) is 4.65. The molecular formula is C11H7Cl2N3. The summed E-state index contributed by atoms with van der Waals surface area (Å²) in [5, 5.41) is 8.78. The SMILES string of the molecule is N#Cc1ccc2nc(CCl)c(CCl)nc2c1. The van der Waals surface area contributed by atoms with Crippen LogP contribution in [-0.4, -0.2) is 9.97 Å². The Hall–Kier alpha value is -1.37. The van der Waals surface area contributed by atoms with E-state index in [0.717, 1.165) is 5.52 Å². The Morgan fingerprint density at radius 3 is 2.25 bits per heavy atom. The maximum absolute atomic E-state index is 8.78. The molecule has 0 atom stereocenters. The first-order chi connectivity index (χ1) is 7.78. The van der Waals surface area contributed by atoms with Crippen LogP contribution in [0.1, 0.15) is 17.0 Å². The molecular weight excluding hydrogens is 245 g/mol. The van der Waals surface area contributed by atoms with Crippen molar-refractivity contribution in [2.24, 2.45) is 0 Å². The lowest BCUT2D eigenvalue weighted by Gasteiger charge is -2.04. The van der Waals surface area contributed by atoms with Crippen LogP contribution < -0.4 is 0 Å². The first-order valence-electron chi connectivity index (χ1n) is 4.60. The van der Waals surface area contributed by atoms with Crippen molar-refractivity contribution >= 4 is 34.2 Å². The summed E-state index contributed by atoms with van der Waals surface area (Å²) in [5.41, 5.74) is 3.31. The Kier molecular flexibility index (Phi) is 3.23. The average molecular weight is 252 g/mol. The summed E-state index contributed by atoms with van der Waals surface area (Å²) in [6, 6.07) is 7.21. The standard InChI is InChI=1S/C11H7Cl2N3/c12-4-10-11(5-13)16-9-3-7(6-14)1-2-8(9)15-10/h1-3H,4-5H2. The minimum Gasteiger partial charge on any atom is -0.248 e. The monoisotopic (exact) mass is 251 g/mol. The molecule has 0 aliphatic heterocycles. The first-order valence-corrected chi connectivity index (χ1v) is 5.67. The topological polar surface area (TPSA) is 49.6 Å². The molecule has 0 bridgehead atoms. The van der Waals surface area contributed by atoms with Crippen LogP contribution in [0.2, 0.25) is 0 Å². The van der Waals surface area contributed by atoms with Crippen molar-refractivity contribution in [2.75, 3.05) is 0 Å². The van der Waals surface area contributed by atoms with E-state index in [1.165, 1.54) is 0 Å². The van der Waals surface area contributed by atoms with Gasteiger partial charge in [0.05, 0.1) is 45.8 Å². The summed E-state index contributed by atoms with van der Waals surface area (Å²) in [6.07, 6.45) is 0. The van der Waals surface area contributed by atoms with Crippen molar-refractivity contribution < 1.29 is 0 Å². The van der Waals surface area contributed by atoms with E-state index in [-0.39, 0.29) is 11.8 Å². The van der Waals surface area contributed by atoms with Crippen molar-refractivity contribution in [2.45, 2.75) is 11.8 Å². The van der Waals surface area contributed by atoms with Gasteiger partial charge in [0.1, 0.15) is 0 Å². The summed E-state index contributed by atoms with van der Waals surface area (Å²) in [7, 11) is 0. The zero-order valence-electron chi connectivity index (χ0n) is 8.24. The summed E-state index contributed by atoms with van der Waals surface area (Å²) in [5.74, 6) is 0.548. The van der Waals surface area contributed by atoms with Gasteiger partial charge in [-0.2, -0.15) is 5.26 Å². The van der Waals surface area contributed by atoms with Crippen molar-refractivity contribution in [3.05, 3.63) is 35.2 Å². The van der Waals surface area contributed by atoms with E-state index in [4.69, 9.17) is 28.5 Å². The zero-order valence-corrected chi connectivity index (χ0v) is 9.76. The third kappa shape index (κ3) is 1.95. The van der Waals surface area contributed by atoms with E-state index < -0.39 is 0 Å². The van der Waals surface area contributed by atoms with Gasteiger partial charge in [-0.1, -0.05) is 0 Å². The van der Waals surface area contributed by atoms with Gasteiger partial charge in [0, 0.05) is 0 Å². The molecule has 2 rings (SSSR count). The predicted octanol–water partition coefficient (Wildman–Crippen LogP) is 2.98. The zero-order chi connectivity index (χ0) is 11.5. The molecule has 0 radical (unpaired) electrons. The van der Waals surface area contributed by atoms with E-state index in [1.807, 2.05) is 0 Å². The van der Waals surface area contributed by atoms with Crippen molar-refractivity contribution in [3.8, 4) is 6.07 Å². The number of fused-ring (bicyclic) bond motifs is 1. The van der Waals surface area contributed by atoms with E-state index >= 15 is 0 Å². The summed E-state index contributed by atoms with van der Waals surface area (Å²) in [6.45, 7) is 0. The van der Waals surface area contributed by atoms with Gasteiger partial charge in [-0.05, 0) is 18.2 Å². The number of hydrogen-bond acceptors (Lipinski definition) is 3. The molecule has 0 amide bonds. The first kappa shape index (κ1) is 11.1. The van der Waals surface area contributed by atoms with Crippen LogP contribution in [0, 0.1) is 11.3 Å². The number of nitriles is 1. The Balaban J connectivity index is 2.69. The molecule has 80 valence electrons. The van der Waals surface area contributed by atoms with E-state index in [0.29, 0.717) is 22.5 Å². The van der Waals surface area contributed by atoms with Crippen molar-refractivity contribution in [3.63, 3.8) is 0 Å². The quantitative estimate of drug-likeness (QED) is 0.772. The highest BCUT2D eigenvalue weighted by molar-refractivity contribution is 6.18. The number of halogens is 2. The average Bonchev–Trinajstić information content (AvgIpc) is 2.36. The lowest BCUT2D eigenvalue weighted by molar-refractivity contribution is 1.06. The Morgan fingerprint density at radius 1 is 1.06 bits per heavy atom. The van der Waals surface area contributed by atoms with E-state index in [1.54, 1.807) is 18.2 Å². The maximum Gasteiger partial charge on any atom is 0.0992 e. The third-order valence-electron chi connectivity index (χ3n) is 2.20. The molecule has 0 fully saturated rings. The molecule has 1 aromatic carbocycles. The Labute approximate surface area is 103 Å². The van der Waals surface area contributed by atoms with Gasteiger partial charge in [-0.25, -0.2) is 9.97 Å². The molecule has 16 heavy (non-hydrogen) atoms. The van der Waals surface area contributed by atoms with E-state index in [2.05, 4.69) is 16.0 Å². The fourth-order valence-corrected chi connectivity index (χ4v) is 1.84. The van der Waals surface area contributed by atoms with Crippen LogP contribution in [0.5, 0.6) is 0 Å². The highest BCUT2D eigenvalue weighted by Gasteiger charge is 2.07. The highest BCUT2D eigenvalue weighted by Crippen LogP contribution is 2.17. The molecule has 0 unspecified atom stereocenters. The van der Waals surface area contributed by atoms with Gasteiger partial charge < -0.3 is 0 Å². The molecule has 0 saturated heterocycles. The second-order valence-electron chi connectivity index (χ2n) is 3.20. The van der Waals surface area contributed by atoms with Crippen LogP contribution in [0.3, 0.4) is 0 Å². The molecule has 5 heteroatoms. The molecule has 0 saturated carbocycles. The molecule has 1 heterocycles. The Morgan fingerprint density at radius 2 is 1.69 bits per heavy atom. The van der Waals surface area contributed by atoms with Crippen LogP contribution >= 0.6 is 23.2 Å². The molecule has 1 aromatic heterocycles. The molecule has 0 N–H and O–H groups in total. The van der Waals surface area contributed by atoms with Crippen molar-refractivity contribution in [1.82, 2.24) is 9.97 Å². The highest BCUT2D eigenvalue weighted by atomic mass is 35.5. The molecule has 0 aliphatic carbocycles.